The van der Waals surface area contributed by atoms with Crippen molar-refractivity contribution < 1.29 is 33.8 Å². The van der Waals surface area contributed by atoms with E-state index < -0.39 is 18.9 Å². The number of hydrogen-bond acceptors (Lipinski definition) is 9. The van der Waals surface area contributed by atoms with Crippen LogP contribution in [0.2, 0.25) is 0 Å². The molecule has 2 fully saturated rings. The number of phenolic OH excluding ortho intramolecular Hbond substituents is 1. The van der Waals surface area contributed by atoms with E-state index in [0.29, 0.717) is 33.5 Å². The Morgan fingerprint density at radius 3 is 2.27 bits per heavy atom. The molecule has 2 aromatic carbocycles. The van der Waals surface area contributed by atoms with Gasteiger partial charge in [0.25, 0.3) is 11.8 Å². The molecular weight excluding hydrogens is 568 g/mol. The topological polar surface area (TPSA) is 164 Å². The monoisotopic (exact) mass is 598 g/mol. The third kappa shape index (κ3) is 6.02. The van der Waals surface area contributed by atoms with Gasteiger partial charge in [0.2, 0.25) is 6.79 Å². The molecule has 2 saturated carbocycles. The molecule has 2 aliphatic carbocycles. The molecule has 44 heavy (non-hydrogen) atoms. The first-order valence-corrected chi connectivity index (χ1v) is 14.2. The van der Waals surface area contributed by atoms with E-state index in [1.807, 2.05) is 0 Å². The van der Waals surface area contributed by atoms with E-state index in [4.69, 9.17) is 9.47 Å². The second kappa shape index (κ2) is 11.7. The number of fused-ring (bicyclic) bond motifs is 1. The van der Waals surface area contributed by atoms with Gasteiger partial charge in [-0.1, -0.05) is 6.07 Å². The zero-order chi connectivity index (χ0) is 31.0. The second-order valence-corrected chi connectivity index (χ2v) is 10.9. The Hall–Kier alpha value is -5.46. The molecule has 2 heterocycles. The van der Waals surface area contributed by atoms with Gasteiger partial charge in [-0.15, -0.1) is 0 Å². The van der Waals surface area contributed by atoms with E-state index in [2.05, 4.69) is 20.7 Å². The minimum atomic E-state index is -0.948. The number of phenols is 1. The fourth-order valence-electron chi connectivity index (χ4n) is 4.69. The van der Waals surface area contributed by atoms with Crippen molar-refractivity contribution in [1.82, 2.24) is 25.2 Å². The molecule has 13 nitrogen and oxygen atoms in total. The van der Waals surface area contributed by atoms with Crippen LogP contribution in [-0.4, -0.2) is 62.5 Å². The number of nitrogens with zero attached hydrogens (tertiary/aromatic N) is 4. The Balaban J connectivity index is 1.35. The zero-order valence-corrected chi connectivity index (χ0v) is 24.1. The quantitative estimate of drug-likeness (QED) is 0.191. The number of esters is 1. The highest BCUT2D eigenvalue weighted by Gasteiger charge is 2.31. The van der Waals surface area contributed by atoms with Gasteiger partial charge in [-0.3, -0.25) is 9.59 Å². The molecule has 3 amide bonds. The SMILES string of the molecule is Cc1ccc(C(=O)NC2CC2)cc1N(C(=O)OCOC(=O)c1ccc(O)cc1)c1ncnn2cc(C(=O)NC3CC3)c(C)c12. The largest absolute Gasteiger partial charge is 0.508 e. The lowest BCUT2D eigenvalue weighted by Crippen LogP contribution is -2.31. The second-order valence-electron chi connectivity index (χ2n) is 10.9. The molecule has 2 aliphatic rings. The standard InChI is InChI=1S/C31H30N6O7/c1-17-3-4-20(28(39)34-21-7-8-21)13-25(17)37(31(42)44-16-43-30(41)19-5-11-23(38)12-6-19)27-26-18(2)24(14-36(26)33-15-32-27)29(40)35-22-9-10-22/h3-6,11-15,21-22,38H,7-10,16H2,1-2H3,(H,34,39)(H,35,40). The van der Waals surface area contributed by atoms with Gasteiger partial charge in [0.1, 0.15) is 17.6 Å². The highest BCUT2D eigenvalue weighted by Crippen LogP contribution is 2.34. The van der Waals surface area contributed by atoms with Gasteiger partial charge < -0.3 is 25.2 Å². The highest BCUT2D eigenvalue weighted by molar-refractivity contribution is 6.05. The molecule has 0 unspecified atom stereocenters. The van der Waals surface area contributed by atoms with E-state index in [0.717, 1.165) is 25.7 Å². The summed E-state index contributed by atoms with van der Waals surface area (Å²) in [6.07, 6.45) is 5.53. The van der Waals surface area contributed by atoms with Crippen LogP contribution in [0.1, 0.15) is 67.9 Å². The molecule has 3 N–H and O–H groups in total. The number of aromatic hydroxyl groups is 1. The molecule has 13 heteroatoms. The summed E-state index contributed by atoms with van der Waals surface area (Å²) in [4.78, 5) is 57.8. The maximum absolute atomic E-state index is 13.8. The van der Waals surface area contributed by atoms with E-state index in [1.54, 1.807) is 38.2 Å². The summed E-state index contributed by atoms with van der Waals surface area (Å²) in [6, 6.07) is 10.6. The number of benzene rings is 2. The fourth-order valence-corrected chi connectivity index (χ4v) is 4.69. The number of amides is 3. The summed E-state index contributed by atoms with van der Waals surface area (Å²) in [5, 5.41) is 19.6. The maximum atomic E-state index is 13.8. The average Bonchev–Trinajstić information content (AvgIpc) is 3.95. The van der Waals surface area contributed by atoms with Crippen molar-refractivity contribution >= 4 is 40.9 Å². The molecule has 0 atom stereocenters. The highest BCUT2D eigenvalue weighted by atomic mass is 16.7. The number of aromatic nitrogens is 3. The molecule has 226 valence electrons. The Kier molecular flexibility index (Phi) is 7.60. The van der Waals surface area contributed by atoms with E-state index in [1.165, 1.54) is 40.0 Å². The lowest BCUT2D eigenvalue weighted by Gasteiger charge is -2.24. The first-order valence-electron chi connectivity index (χ1n) is 14.2. The van der Waals surface area contributed by atoms with Crippen molar-refractivity contribution in [3.63, 3.8) is 0 Å². The smallest absolute Gasteiger partial charge is 0.423 e. The van der Waals surface area contributed by atoms with E-state index >= 15 is 0 Å². The minimum Gasteiger partial charge on any atom is -0.508 e. The summed E-state index contributed by atoms with van der Waals surface area (Å²) in [5.41, 5.74) is 2.69. The Labute approximate surface area is 251 Å². The molecular formula is C31H30N6O7. The summed E-state index contributed by atoms with van der Waals surface area (Å²) >= 11 is 0. The maximum Gasteiger partial charge on any atom is 0.423 e. The summed E-state index contributed by atoms with van der Waals surface area (Å²) < 4.78 is 12.0. The number of hydrogen-bond donors (Lipinski definition) is 3. The van der Waals surface area contributed by atoms with Crippen molar-refractivity contribution in [3.8, 4) is 5.75 Å². The Morgan fingerprint density at radius 2 is 1.59 bits per heavy atom. The van der Waals surface area contributed by atoms with Crippen molar-refractivity contribution in [2.24, 2.45) is 0 Å². The number of rotatable bonds is 9. The van der Waals surface area contributed by atoms with Crippen LogP contribution in [0.5, 0.6) is 5.75 Å². The number of ether oxygens (including phenoxy) is 2. The summed E-state index contributed by atoms with van der Waals surface area (Å²) in [6.45, 7) is 2.77. The van der Waals surface area contributed by atoms with E-state index in [-0.39, 0.29) is 41.0 Å². The fraction of sp³-hybridized carbons (Fsp3) is 0.290. The van der Waals surface area contributed by atoms with Crippen LogP contribution in [0.15, 0.2) is 55.0 Å². The molecule has 2 aromatic heterocycles. The molecule has 0 spiro atoms. The normalized spacial score (nSPS) is 14.1. The van der Waals surface area contributed by atoms with Crippen LogP contribution >= 0.6 is 0 Å². The van der Waals surface area contributed by atoms with Gasteiger partial charge >= 0.3 is 12.1 Å². The molecule has 6 rings (SSSR count). The first-order chi connectivity index (χ1) is 21.2. The van der Waals surface area contributed by atoms with Gasteiger partial charge in [-0.2, -0.15) is 5.10 Å². The van der Waals surface area contributed by atoms with Crippen molar-refractivity contribution in [2.75, 3.05) is 11.7 Å². The first kappa shape index (κ1) is 28.6. The predicted octanol–water partition coefficient (Wildman–Crippen LogP) is 3.93. The number of carbonyl (C=O) groups excluding carboxylic acids is 4. The van der Waals surface area contributed by atoms with Crippen molar-refractivity contribution in [2.45, 2.75) is 51.6 Å². The van der Waals surface area contributed by atoms with Crippen LogP contribution in [0.3, 0.4) is 0 Å². The third-order valence-corrected chi connectivity index (χ3v) is 7.46. The lowest BCUT2D eigenvalue weighted by atomic mass is 10.1. The van der Waals surface area contributed by atoms with Crippen LogP contribution in [0.25, 0.3) is 5.52 Å². The van der Waals surface area contributed by atoms with E-state index in [9.17, 15) is 24.3 Å². The van der Waals surface area contributed by atoms with Gasteiger partial charge in [-0.05, 0) is 87.1 Å². The predicted molar refractivity (Wildman–Crippen MR) is 157 cm³/mol. The third-order valence-electron chi connectivity index (χ3n) is 7.46. The molecule has 4 aromatic rings. The Bertz CT molecular complexity index is 1780. The number of nitrogens with one attached hydrogen (secondary N) is 2. The average molecular weight is 599 g/mol. The number of aryl methyl sites for hydroxylation is 2. The van der Waals surface area contributed by atoms with Crippen molar-refractivity contribution in [1.29, 1.82) is 0 Å². The zero-order valence-electron chi connectivity index (χ0n) is 24.1. The number of carbonyl (C=O) groups is 4. The van der Waals surface area contributed by atoms with Crippen LogP contribution in [0, 0.1) is 13.8 Å². The molecule has 0 radical (unpaired) electrons. The minimum absolute atomic E-state index is 0.0166. The van der Waals surface area contributed by atoms with Gasteiger partial charge in [0, 0.05) is 23.8 Å². The molecule has 0 saturated heterocycles. The van der Waals surface area contributed by atoms with Crippen molar-refractivity contribution in [3.05, 3.63) is 82.8 Å². The number of anilines is 2. The molecule has 0 aliphatic heterocycles. The van der Waals surface area contributed by atoms with Gasteiger partial charge in [-0.25, -0.2) is 24.0 Å². The summed E-state index contributed by atoms with van der Waals surface area (Å²) in [7, 11) is 0. The van der Waals surface area contributed by atoms with Crippen LogP contribution < -0.4 is 15.5 Å². The Morgan fingerprint density at radius 1 is 0.932 bits per heavy atom. The summed E-state index contributed by atoms with van der Waals surface area (Å²) in [5.74, 6) is -1.22. The van der Waals surface area contributed by atoms with Gasteiger partial charge in [0.15, 0.2) is 5.82 Å². The lowest BCUT2D eigenvalue weighted by molar-refractivity contribution is -0.0000740. The molecule has 0 bridgehead atoms. The van der Waals surface area contributed by atoms with Crippen LogP contribution in [0.4, 0.5) is 16.3 Å². The van der Waals surface area contributed by atoms with Gasteiger partial charge in [0.05, 0.1) is 16.8 Å². The van der Waals surface area contributed by atoms with Crippen LogP contribution in [-0.2, 0) is 9.47 Å².